The van der Waals surface area contributed by atoms with E-state index in [1.165, 1.54) is 32.1 Å². The van der Waals surface area contributed by atoms with E-state index in [4.69, 9.17) is 4.74 Å². The van der Waals surface area contributed by atoms with Crippen molar-refractivity contribution >= 4 is 22.9 Å². The van der Waals surface area contributed by atoms with Crippen LogP contribution in [0, 0.1) is 11.8 Å². The maximum absolute atomic E-state index is 12.8. The summed E-state index contributed by atoms with van der Waals surface area (Å²) in [7, 11) is -0.950. The number of aromatic nitrogens is 2. The van der Waals surface area contributed by atoms with Gasteiger partial charge in [-0.3, -0.25) is 14.0 Å². The maximum atomic E-state index is 12.8. The first-order valence-electron chi connectivity index (χ1n) is 14.4. The minimum atomic E-state index is -0.950. The molecule has 1 saturated heterocycles. The molecule has 8 heteroatoms. The number of hydrogen-bond donors (Lipinski definition) is 0. The molecule has 0 bridgehead atoms. The van der Waals surface area contributed by atoms with Crippen molar-refractivity contribution in [3.05, 3.63) is 41.6 Å². The van der Waals surface area contributed by atoms with Gasteiger partial charge in [-0.25, -0.2) is 9.97 Å². The van der Waals surface area contributed by atoms with Gasteiger partial charge in [0.1, 0.15) is 12.1 Å². The summed E-state index contributed by atoms with van der Waals surface area (Å²) in [6, 6.07) is 0. The second-order valence-corrected chi connectivity index (χ2v) is 13.6. The summed E-state index contributed by atoms with van der Waals surface area (Å²) in [6.45, 7) is 4.55. The molecule has 2 fully saturated rings. The van der Waals surface area contributed by atoms with E-state index in [9.17, 15) is 9.00 Å². The van der Waals surface area contributed by atoms with E-state index in [-0.39, 0.29) is 10.7 Å². The summed E-state index contributed by atoms with van der Waals surface area (Å²) in [4.78, 5) is 28.6. The Bertz CT molecular complexity index is 1120. The SMILES string of the molecule is CS(=O)C1(C)C=CC(Oc2ncnc3c2C=NCC3CCC2CCN(C(=O)CC3CCCCC3)CC2)=CC1. The fourth-order valence-electron chi connectivity index (χ4n) is 6.28. The Morgan fingerprint density at radius 2 is 1.89 bits per heavy atom. The number of amides is 1. The van der Waals surface area contributed by atoms with Crippen molar-refractivity contribution < 1.29 is 13.7 Å². The number of fused-ring (bicyclic) bond motifs is 1. The molecule has 7 nitrogen and oxygen atoms in total. The number of nitrogens with zero attached hydrogens (tertiary/aromatic N) is 4. The molecule has 5 rings (SSSR count). The minimum Gasteiger partial charge on any atom is -0.439 e. The summed E-state index contributed by atoms with van der Waals surface area (Å²) in [5, 5.41) is 0. The summed E-state index contributed by atoms with van der Waals surface area (Å²) in [6.07, 6.45) is 23.2. The molecule has 4 aliphatic rings. The van der Waals surface area contributed by atoms with Crippen LogP contribution in [0.3, 0.4) is 0 Å². The molecular formula is C30H42N4O3S. The summed E-state index contributed by atoms with van der Waals surface area (Å²) >= 11 is 0. The molecule has 1 saturated carbocycles. The Hall–Kier alpha value is -2.35. The van der Waals surface area contributed by atoms with Gasteiger partial charge in [0.25, 0.3) is 0 Å². The number of aliphatic imine (C=N–C) groups is 1. The Morgan fingerprint density at radius 1 is 1.11 bits per heavy atom. The van der Waals surface area contributed by atoms with Crippen LogP contribution >= 0.6 is 0 Å². The largest absolute Gasteiger partial charge is 0.439 e. The van der Waals surface area contributed by atoms with E-state index in [1.807, 2.05) is 31.4 Å². The predicted octanol–water partition coefficient (Wildman–Crippen LogP) is 5.34. The molecule has 1 aromatic heterocycles. The zero-order chi connectivity index (χ0) is 26.5. The predicted molar refractivity (Wildman–Crippen MR) is 152 cm³/mol. The third kappa shape index (κ3) is 6.44. The van der Waals surface area contributed by atoms with Crippen molar-refractivity contribution in [3.8, 4) is 5.88 Å². The number of carbonyl (C=O) groups excluding carboxylic acids is 1. The lowest BCUT2D eigenvalue weighted by Crippen LogP contribution is -2.39. The highest BCUT2D eigenvalue weighted by atomic mass is 32.2. The number of allylic oxidation sites excluding steroid dienone is 2. The molecule has 3 heterocycles. The number of carbonyl (C=O) groups is 1. The van der Waals surface area contributed by atoms with Gasteiger partial charge in [0.15, 0.2) is 0 Å². The van der Waals surface area contributed by atoms with Gasteiger partial charge in [0.05, 0.1) is 16.0 Å². The topological polar surface area (TPSA) is 84.8 Å². The Labute approximate surface area is 229 Å². The van der Waals surface area contributed by atoms with E-state index in [1.54, 1.807) is 12.6 Å². The van der Waals surface area contributed by atoms with Gasteiger partial charge in [-0.2, -0.15) is 0 Å². The first kappa shape index (κ1) is 27.2. The van der Waals surface area contributed by atoms with E-state index in [0.717, 1.165) is 63.0 Å². The number of hydrogen-bond acceptors (Lipinski definition) is 6. The quantitative estimate of drug-likeness (QED) is 0.446. The zero-order valence-corrected chi connectivity index (χ0v) is 23.8. The highest BCUT2D eigenvalue weighted by Gasteiger charge is 2.30. The number of rotatable bonds is 8. The van der Waals surface area contributed by atoms with Crippen LogP contribution in [0.25, 0.3) is 0 Å². The first-order valence-corrected chi connectivity index (χ1v) is 16.0. The highest BCUT2D eigenvalue weighted by molar-refractivity contribution is 7.85. The van der Waals surface area contributed by atoms with Crippen LogP contribution < -0.4 is 4.74 Å². The second-order valence-electron chi connectivity index (χ2n) is 11.8. The van der Waals surface area contributed by atoms with Crippen molar-refractivity contribution in [2.75, 3.05) is 25.9 Å². The lowest BCUT2D eigenvalue weighted by Gasteiger charge is -2.34. The van der Waals surface area contributed by atoms with Gasteiger partial charge >= 0.3 is 0 Å². The smallest absolute Gasteiger partial charge is 0.231 e. The zero-order valence-electron chi connectivity index (χ0n) is 22.9. The van der Waals surface area contributed by atoms with Crippen LogP contribution in [0.15, 0.2) is 35.3 Å². The highest BCUT2D eigenvalue weighted by Crippen LogP contribution is 2.35. The van der Waals surface area contributed by atoms with Gasteiger partial charge in [0, 0.05) is 55.2 Å². The Kier molecular flexibility index (Phi) is 8.76. The standard InChI is InChI=1S/C30H42N4O3S/c1-30(38(2)36)14-10-25(11-15-30)37-29-26-20-31-19-24(28(26)32-21-33-29)9-8-22-12-16-34(17-13-22)27(35)18-23-6-4-3-5-7-23/h10-11,14,20-24H,3-9,12-13,15-19H2,1-2H3. The minimum absolute atomic E-state index is 0.257. The van der Waals surface area contributed by atoms with Gasteiger partial charge in [-0.05, 0) is 75.9 Å². The van der Waals surface area contributed by atoms with E-state index < -0.39 is 10.8 Å². The fraction of sp³-hybridized carbons (Fsp3) is 0.667. The van der Waals surface area contributed by atoms with Crippen LogP contribution in [0.4, 0.5) is 0 Å². The van der Waals surface area contributed by atoms with Crippen LogP contribution in [0.1, 0.15) is 94.7 Å². The van der Waals surface area contributed by atoms with E-state index in [0.29, 0.717) is 35.8 Å². The molecule has 206 valence electrons. The van der Waals surface area contributed by atoms with Crippen molar-refractivity contribution in [1.29, 1.82) is 0 Å². The van der Waals surface area contributed by atoms with E-state index >= 15 is 0 Å². The molecule has 3 unspecified atom stereocenters. The van der Waals surface area contributed by atoms with Gasteiger partial charge in [0.2, 0.25) is 11.8 Å². The monoisotopic (exact) mass is 538 g/mol. The van der Waals surface area contributed by atoms with Gasteiger partial charge in [-0.15, -0.1) is 0 Å². The Morgan fingerprint density at radius 3 is 2.61 bits per heavy atom. The molecule has 0 spiro atoms. The fourth-order valence-corrected chi connectivity index (χ4v) is 6.86. The average molecular weight is 539 g/mol. The van der Waals surface area contributed by atoms with Crippen LogP contribution in [0.5, 0.6) is 5.88 Å². The summed E-state index contributed by atoms with van der Waals surface area (Å²) in [5.41, 5.74) is 1.89. The molecule has 38 heavy (non-hydrogen) atoms. The molecule has 0 radical (unpaired) electrons. The van der Waals surface area contributed by atoms with Crippen LogP contribution in [-0.2, 0) is 15.6 Å². The molecule has 1 aromatic rings. The number of ether oxygens (including phenoxy) is 1. The number of likely N-dealkylation sites (tertiary alicyclic amines) is 1. The molecule has 0 N–H and O–H groups in total. The third-order valence-corrected chi connectivity index (χ3v) is 10.7. The molecule has 1 amide bonds. The first-order chi connectivity index (χ1) is 18.4. The maximum Gasteiger partial charge on any atom is 0.231 e. The van der Waals surface area contributed by atoms with Crippen LogP contribution in [0.2, 0.25) is 0 Å². The molecule has 2 aliphatic carbocycles. The summed E-state index contributed by atoms with van der Waals surface area (Å²) < 4.78 is 17.8. The normalized spacial score (nSPS) is 27.1. The van der Waals surface area contributed by atoms with Crippen molar-refractivity contribution in [2.24, 2.45) is 16.8 Å². The molecule has 0 aromatic carbocycles. The molecule has 2 aliphatic heterocycles. The molecular weight excluding hydrogens is 496 g/mol. The molecule has 3 atom stereocenters. The van der Waals surface area contributed by atoms with Crippen molar-refractivity contribution in [1.82, 2.24) is 14.9 Å². The average Bonchev–Trinajstić information content (AvgIpc) is 2.94. The summed E-state index contributed by atoms with van der Waals surface area (Å²) in [5.74, 6) is 3.15. The van der Waals surface area contributed by atoms with Gasteiger partial charge in [-0.1, -0.05) is 25.3 Å². The lowest BCUT2D eigenvalue weighted by atomic mass is 9.85. The van der Waals surface area contributed by atoms with Gasteiger partial charge < -0.3 is 9.64 Å². The van der Waals surface area contributed by atoms with E-state index in [2.05, 4.69) is 19.9 Å². The third-order valence-electron chi connectivity index (χ3n) is 9.07. The lowest BCUT2D eigenvalue weighted by molar-refractivity contribution is -0.133. The second kappa shape index (κ2) is 12.2. The Balaban J connectivity index is 1.13. The van der Waals surface area contributed by atoms with Crippen LogP contribution in [-0.4, -0.2) is 61.8 Å². The van der Waals surface area contributed by atoms with Crippen molar-refractivity contribution in [3.63, 3.8) is 0 Å². The number of piperidine rings is 1. The van der Waals surface area contributed by atoms with Crippen molar-refractivity contribution in [2.45, 2.75) is 88.2 Å².